The van der Waals surface area contributed by atoms with Crippen molar-refractivity contribution in [2.75, 3.05) is 30.1 Å². The summed E-state index contributed by atoms with van der Waals surface area (Å²) in [6.45, 7) is 1.36. The van der Waals surface area contributed by atoms with Gasteiger partial charge in [-0.05, 0) is 43.2 Å². The molecule has 1 amide bonds. The highest BCUT2D eigenvalue weighted by molar-refractivity contribution is 7.92. The fourth-order valence-corrected chi connectivity index (χ4v) is 4.09. The lowest BCUT2D eigenvalue weighted by molar-refractivity contribution is -0.114. The summed E-state index contributed by atoms with van der Waals surface area (Å²) in [7, 11) is -1.18. The molecule has 10 heteroatoms. The summed E-state index contributed by atoms with van der Waals surface area (Å²) in [6, 6.07) is 8.56. The molecule has 31 heavy (non-hydrogen) atoms. The van der Waals surface area contributed by atoms with Crippen LogP contribution >= 0.6 is 11.6 Å². The van der Waals surface area contributed by atoms with E-state index in [1.165, 1.54) is 57.5 Å². The molecule has 0 aliphatic rings. The van der Waals surface area contributed by atoms with Gasteiger partial charge in [-0.2, -0.15) is 0 Å². The van der Waals surface area contributed by atoms with E-state index >= 15 is 0 Å². The van der Waals surface area contributed by atoms with Crippen molar-refractivity contribution in [2.24, 2.45) is 0 Å². The maximum atomic E-state index is 12.9. The highest BCUT2D eigenvalue weighted by atomic mass is 35.5. The highest BCUT2D eigenvalue weighted by Crippen LogP contribution is 2.35. The van der Waals surface area contributed by atoms with Gasteiger partial charge in [0.25, 0.3) is 10.0 Å². The molecule has 0 heterocycles. The van der Waals surface area contributed by atoms with E-state index in [1.807, 2.05) is 0 Å². The Morgan fingerprint density at radius 1 is 1.00 bits per heavy atom. The quantitative estimate of drug-likeness (QED) is 0.292. The average molecular weight is 469 g/mol. The molecule has 2 N–H and O–H groups in total. The number of hydrogen-bond donors (Lipinski definition) is 2. The number of ketones is 1. The Bertz CT molecular complexity index is 1040. The van der Waals surface area contributed by atoms with Crippen LogP contribution in [0.2, 0.25) is 0 Å². The number of unbranched alkanes of at least 4 members (excludes halogenated alkanes) is 1. The molecule has 8 nitrogen and oxygen atoms in total. The first-order valence-corrected chi connectivity index (χ1v) is 11.5. The summed E-state index contributed by atoms with van der Waals surface area (Å²) in [5.74, 6) is 0.492. The molecule has 0 fully saturated rings. The van der Waals surface area contributed by atoms with E-state index in [0.717, 1.165) is 0 Å². The van der Waals surface area contributed by atoms with Crippen LogP contribution < -0.4 is 19.5 Å². The van der Waals surface area contributed by atoms with Gasteiger partial charge in [0.05, 0.1) is 30.4 Å². The number of hydrogen-bond acceptors (Lipinski definition) is 6. The molecule has 2 aromatic rings. The van der Waals surface area contributed by atoms with Crippen molar-refractivity contribution in [3.05, 3.63) is 42.0 Å². The van der Waals surface area contributed by atoms with Crippen LogP contribution in [0.5, 0.6) is 11.5 Å². The minimum absolute atomic E-state index is 0.0190. The Balaban J connectivity index is 2.36. The van der Waals surface area contributed by atoms with E-state index in [9.17, 15) is 18.0 Å². The molecule has 0 radical (unpaired) electrons. The maximum absolute atomic E-state index is 12.9. The average Bonchev–Trinajstić information content (AvgIpc) is 2.73. The number of benzene rings is 2. The molecular weight excluding hydrogens is 444 g/mol. The van der Waals surface area contributed by atoms with Crippen LogP contribution in [-0.2, 0) is 14.8 Å². The fourth-order valence-electron chi connectivity index (χ4n) is 2.84. The Hall–Kier alpha value is -2.78. The third-order valence-corrected chi connectivity index (χ3v) is 5.99. The number of halogens is 1. The lowest BCUT2D eigenvalue weighted by atomic mass is 10.0. The fraction of sp³-hybridized carbons (Fsp3) is 0.333. The molecular formula is C21H25ClN2O6S. The Labute approximate surface area is 186 Å². The first-order valence-electron chi connectivity index (χ1n) is 9.47. The van der Waals surface area contributed by atoms with Gasteiger partial charge in [-0.3, -0.25) is 14.3 Å². The van der Waals surface area contributed by atoms with E-state index in [2.05, 4.69) is 10.0 Å². The van der Waals surface area contributed by atoms with Crippen LogP contribution in [0.1, 0.15) is 36.5 Å². The van der Waals surface area contributed by atoms with Gasteiger partial charge in [0.15, 0.2) is 5.78 Å². The summed E-state index contributed by atoms with van der Waals surface area (Å²) in [5, 5.41) is 2.57. The number of carbonyl (C=O) groups is 2. The normalized spacial score (nSPS) is 11.0. The Morgan fingerprint density at radius 2 is 1.65 bits per heavy atom. The van der Waals surface area contributed by atoms with Crippen molar-refractivity contribution >= 4 is 44.7 Å². The smallest absolute Gasteiger partial charge is 0.262 e. The zero-order valence-electron chi connectivity index (χ0n) is 17.5. The molecule has 168 valence electrons. The van der Waals surface area contributed by atoms with Gasteiger partial charge >= 0.3 is 0 Å². The minimum atomic E-state index is -3.99. The molecule has 0 unspecified atom stereocenters. The molecule has 2 aromatic carbocycles. The van der Waals surface area contributed by atoms with E-state index in [1.54, 1.807) is 0 Å². The molecule has 0 aliphatic carbocycles. The number of alkyl halides is 1. The van der Waals surface area contributed by atoms with Gasteiger partial charge in [0, 0.05) is 31.0 Å². The van der Waals surface area contributed by atoms with Crippen molar-refractivity contribution < 1.29 is 27.5 Å². The van der Waals surface area contributed by atoms with Crippen LogP contribution in [0, 0.1) is 0 Å². The van der Waals surface area contributed by atoms with Crippen LogP contribution in [0.25, 0.3) is 0 Å². The lowest BCUT2D eigenvalue weighted by Crippen LogP contribution is -2.15. The van der Waals surface area contributed by atoms with Gasteiger partial charge in [-0.25, -0.2) is 8.42 Å². The third-order valence-electron chi connectivity index (χ3n) is 4.34. The number of amides is 1. The topological polar surface area (TPSA) is 111 Å². The molecule has 2 rings (SSSR count). The van der Waals surface area contributed by atoms with Gasteiger partial charge in [-0.1, -0.05) is 0 Å². The Kier molecular flexibility index (Phi) is 8.70. The van der Waals surface area contributed by atoms with E-state index < -0.39 is 10.0 Å². The summed E-state index contributed by atoms with van der Waals surface area (Å²) >= 11 is 5.67. The number of Topliss-reactive ketones (excluding diaryl/α,β-unsaturated/α-hetero) is 1. The summed E-state index contributed by atoms with van der Waals surface area (Å²) in [5.41, 5.74) is 0.824. The monoisotopic (exact) mass is 468 g/mol. The number of carbonyl (C=O) groups excluding carboxylic acids is 2. The minimum Gasteiger partial charge on any atom is -0.496 e. The number of methoxy groups -OCH3 is 2. The van der Waals surface area contributed by atoms with Gasteiger partial charge in [-0.15, -0.1) is 11.6 Å². The second-order valence-electron chi connectivity index (χ2n) is 6.63. The number of sulfonamides is 1. The SMILES string of the molecule is COc1cc(OC)c(C(=O)CCCCCl)cc1NS(=O)(=O)c1ccc(NC(C)=O)cc1. The summed E-state index contributed by atoms with van der Waals surface area (Å²) in [6.07, 6.45) is 1.56. The molecule has 0 atom stereocenters. The third kappa shape index (κ3) is 6.60. The second-order valence-corrected chi connectivity index (χ2v) is 8.69. The largest absolute Gasteiger partial charge is 0.496 e. The van der Waals surface area contributed by atoms with Crippen molar-refractivity contribution in [1.29, 1.82) is 0 Å². The van der Waals surface area contributed by atoms with E-state index in [-0.39, 0.29) is 45.8 Å². The maximum Gasteiger partial charge on any atom is 0.262 e. The zero-order valence-corrected chi connectivity index (χ0v) is 19.1. The predicted molar refractivity (Wildman–Crippen MR) is 120 cm³/mol. The van der Waals surface area contributed by atoms with E-state index in [0.29, 0.717) is 24.4 Å². The van der Waals surface area contributed by atoms with Crippen molar-refractivity contribution in [3.63, 3.8) is 0 Å². The summed E-state index contributed by atoms with van der Waals surface area (Å²) < 4.78 is 38.8. The number of anilines is 2. The van der Waals surface area contributed by atoms with Crippen molar-refractivity contribution in [1.82, 2.24) is 0 Å². The van der Waals surface area contributed by atoms with Crippen molar-refractivity contribution in [3.8, 4) is 11.5 Å². The standard InChI is InChI=1S/C21H25ClN2O6S/c1-14(25)23-15-7-9-16(10-8-15)31(27,28)24-18-12-17(19(26)6-4-5-11-22)20(29-2)13-21(18)30-3/h7-10,12-13,24H,4-6,11H2,1-3H3,(H,23,25). The first kappa shape index (κ1) is 24.5. The summed E-state index contributed by atoms with van der Waals surface area (Å²) in [4.78, 5) is 23.7. The second kappa shape index (κ2) is 11.0. The van der Waals surface area contributed by atoms with Crippen LogP contribution in [-0.4, -0.2) is 40.2 Å². The van der Waals surface area contributed by atoms with Gasteiger partial charge in [0.1, 0.15) is 11.5 Å². The molecule has 0 bridgehead atoms. The van der Waals surface area contributed by atoms with Crippen molar-refractivity contribution in [2.45, 2.75) is 31.1 Å². The molecule has 0 aromatic heterocycles. The first-order chi connectivity index (χ1) is 14.7. The van der Waals surface area contributed by atoms with Crippen LogP contribution in [0.15, 0.2) is 41.3 Å². The molecule has 0 spiro atoms. The highest BCUT2D eigenvalue weighted by Gasteiger charge is 2.21. The lowest BCUT2D eigenvalue weighted by Gasteiger charge is -2.16. The predicted octanol–water partition coefficient (Wildman–Crippen LogP) is 4.05. The van der Waals surface area contributed by atoms with Crippen LogP contribution in [0.4, 0.5) is 11.4 Å². The molecule has 0 saturated heterocycles. The molecule has 0 aliphatic heterocycles. The Morgan fingerprint density at radius 3 is 2.19 bits per heavy atom. The molecule has 0 saturated carbocycles. The number of ether oxygens (including phenoxy) is 2. The number of rotatable bonds is 11. The number of nitrogens with one attached hydrogen (secondary N) is 2. The van der Waals surface area contributed by atoms with Gasteiger partial charge in [0.2, 0.25) is 5.91 Å². The van der Waals surface area contributed by atoms with Gasteiger partial charge < -0.3 is 14.8 Å². The van der Waals surface area contributed by atoms with E-state index in [4.69, 9.17) is 21.1 Å². The van der Waals surface area contributed by atoms with Crippen LogP contribution in [0.3, 0.4) is 0 Å². The zero-order chi connectivity index (χ0) is 23.0.